The number of amides is 2. The lowest BCUT2D eigenvalue weighted by Crippen LogP contribution is -2.42. The Morgan fingerprint density at radius 3 is 2.80 bits per heavy atom. The van der Waals surface area contributed by atoms with Gasteiger partial charge in [0.15, 0.2) is 0 Å². The second-order valence-electron chi connectivity index (χ2n) is 5.14. The van der Waals surface area contributed by atoms with Gasteiger partial charge in [0.2, 0.25) is 0 Å². The van der Waals surface area contributed by atoms with E-state index in [2.05, 4.69) is 15.6 Å². The third-order valence-corrected chi connectivity index (χ3v) is 3.60. The fraction of sp³-hybridized carbons (Fsp3) is 0.500. The Kier molecular flexibility index (Phi) is 4.55. The summed E-state index contributed by atoms with van der Waals surface area (Å²) in [7, 11) is 0. The van der Waals surface area contributed by atoms with Crippen LogP contribution in [0.25, 0.3) is 0 Å². The molecule has 3 atom stereocenters. The zero-order valence-electron chi connectivity index (χ0n) is 11.4. The molecular weight excluding hydrogens is 258 g/mol. The fourth-order valence-electron chi connectivity index (χ4n) is 2.47. The van der Waals surface area contributed by atoms with Crippen molar-refractivity contribution in [2.75, 3.05) is 0 Å². The Morgan fingerprint density at radius 2 is 2.20 bits per heavy atom. The molecule has 6 nitrogen and oxygen atoms in total. The molecule has 0 aromatic carbocycles. The molecule has 0 bridgehead atoms. The van der Waals surface area contributed by atoms with Gasteiger partial charge in [-0.05, 0) is 38.3 Å². The van der Waals surface area contributed by atoms with Gasteiger partial charge in [-0.15, -0.1) is 0 Å². The normalized spacial score (nSPS) is 23.1. The van der Waals surface area contributed by atoms with Crippen molar-refractivity contribution in [2.24, 2.45) is 5.92 Å². The fourth-order valence-corrected chi connectivity index (χ4v) is 2.47. The molecule has 2 amide bonds. The summed E-state index contributed by atoms with van der Waals surface area (Å²) in [4.78, 5) is 26.9. The maximum atomic E-state index is 11.9. The van der Waals surface area contributed by atoms with Crippen molar-refractivity contribution >= 4 is 12.0 Å². The largest absolute Gasteiger partial charge is 0.481 e. The van der Waals surface area contributed by atoms with Crippen molar-refractivity contribution in [3.63, 3.8) is 0 Å². The minimum atomic E-state index is -0.781. The molecule has 1 fully saturated rings. The first-order valence-electron chi connectivity index (χ1n) is 6.77. The summed E-state index contributed by atoms with van der Waals surface area (Å²) in [6, 6.07) is 5.01. The Bertz CT molecular complexity index is 478. The number of carboxylic acid groups (broad SMARTS) is 1. The average Bonchev–Trinajstić information content (AvgIpc) is 2.88. The van der Waals surface area contributed by atoms with Gasteiger partial charge >= 0.3 is 12.0 Å². The summed E-state index contributed by atoms with van der Waals surface area (Å²) in [5, 5.41) is 14.6. The summed E-state index contributed by atoms with van der Waals surface area (Å²) >= 11 is 0. The van der Waals surface area contributed by atoms with Gasteiger partial charge in [0.05, 0.1) is 17.7 Å². The van der Waals surface area contributed by atoms with Crippen LogP contribution < -0.4 is 10.6 Å². The number of aliphatic carboxylic acids is 1. The van der Waals surface area contributed by atoms with E-state index in [9.17, 15) is 9.59 Å². The zero-order chi connectivity index (χ0) is 14.5. The number of aromatic nitrogens is 1. The first kappa shape index (κ1) is 14.3. The number of carbonyl (C=O) groups is 2. The lowest BCUT2D eigenvalue weighted by Gasteiger charge is -2.17. The number of hydrogen-bond acceptors (Lipinski definition) is 3. The van der Waals surface area contributed by atoms with Gasteiger partial charge in [-0.25, -0.2) is 4.79 Å². The lowest BCUT2D eigenvalue weighted by molar-refractivity contribution is -0.141. The smallest absolute Gasteiger partial charge is 0.315 e. The van der Waals surface area contributed by atoms with Crippen LogP contribution in [0.5, 0.6) is 0 Å². The zero-order valence-corrected chi connectivity index (χ0v) is 11.4. The predicted octanol–water partition coefficient (Wildman–Crippen LogP) is 1.70. The molecular formula is C14H19N3O3. The van der Waals surface area contributed by atoms with Crippen LogP contribution in [-0.2, 0) is 4.79 Å². The summed E-state index contributed by atoms with van der Waals surface area (Å²) < 4.78 is 0. The van der Waals surface area contributed by atoms with Crippen molar-refractivity contribution in [3.05, 3.63) is 30.1 Å². The monoisotopic (exact) mass is 277 g/mol. The quantitative estimate of drug-likeness (QED) is 0.781. The standard InChI is InChI=1S/C14H19N3O3/c1-9(12-4-2-3-7-15-12)16-14(20)17-11-6-5-10(8-11)13(18)19/h2-4,7,9-11H,5-6,8H2,1H3,(H,18,19)(H2,16,17,20)/t9?,10-,11+/m1/s1. The molecule has 2 rings (SSSR count). The average molecular weight is 277 g/mol. The third-order valence-electron chi connectivity index (χ3n) is 3.60. The topological polar surface area (TPSA) is 91.3 Å². The van der Waals surface area contributed by atoms with Crippen LogP contribution in [0.1, 0.15) is 37.9 Å². The van der Waals surface area contributed by atoms with Crippen LogP contribution in [0, 0.1) is 5.92 Å². The van der Waals surface area contributed by atoms with E-state index in [1.54, 1.807) is 6.20 Å². The van der Waals surface area contributed by atoms with E-state index in [1.807, 2.05) is 25.1 Å². The van der Waals surface area contributed by atoms with Crippen LogP contribution in [0.2, 0.25) is 0 Å². The van der Waals surface area contributed by atoms with Crippen molar-refractivity contribution in [3.8, 4) is 0 Å². The maximum Gasteiger partial charge on any atom is 0.315 e. The Balaban J connectivity index is 1.80. The van der Waals surface area contributed by atoms with E-state index in [1.165, 1.54) is 0 Å². The van der Waals surface area contributed by atoms with E-state index in [0.717, 1.165) is 5.69 Å². The molecule has 1 aliphatic carbocycles. The van der Waals surface area contributed by atoms with Crippen molar-refractivity contribution in [2.45, 2.75) is 38.3 Å². The number of rotatable bonds is 4. The summed E-state index contributed by atoms with van der Waals surface area (Å²) in [5.74, 6) is -1.12. The molecule has 0 aliphatic heterocycles. The number of nitrogens with one attached hydrogen (secondary N) is 2. The second kappa shape index (κ2) is 6.36. The Morgan fingerprint density at radius 1 is 1.40 bits per heavy atom. The van der Waals surface area contributed by atoms with E-state index < -0.39 is 5.97 Å². The molecule has 20 heavy (non-hydrogen) atoms. The predicted molar refractivity (Wildman–Crippen MR) is 73.1 cm³/mol. The SMILES string of the molecule is CC(NC(=O)N[C@H]1CC[C@@H](C(=O)O)C1)c1ccccn1. The molecule has 1 saturated carbocycles. The van der Waals surface area contributed by atoms with Crippen LogP contribution >= 0.6 is 0 Å². The molecule has 6 heteroatoms. The highest BCUT2D eigenvalue weighted by molar-refractivity contribution is 5.75. The first-order valence-corrected chi connectivity index (χ1v) is 6.77. The maximum absolute atomic E-state index is 11.9. The Labute approximate surface area is 117 Å². The minimum Gasteiger partial charge on any atom is -0.481 e. The van der Waals surface area contributed by atoms with Gasteiger partial charge in [-0.3, -0.25) is 9.78 Å². The Hall–Kier alpha value is -2.11. The van der Waals surface area contributed by atoms with Crippen LogP contribution in [0.3, 0.4) is 0 Å². The number of hydrogen-bond donors (Lipinski definition) is 3. The molecule has 0 radical (unpaired) electrons. The number of urea groups is 1. The van der Waals surface area contributed by atoms with Gasteiger partial charge in [-0.2, -0.15) is 0 Å². The third kappa shape index (κ3) is 3.69. The van der Waals surface area contributed by atoms with Gasteiger partial charge in [0.25, 0.3) is 0 Å². The molecule has 1 heterocycles. The molecule has 1 unspecified atom stereocenters. The van der Waals surface area contributed by atoms with Gasteiger partial charge < -0.3 is 15.7 Å². The first-order chi connectivity index (χ1) is 9.56. The van der Waals surface area contributed by atoms with Gasteiger partial charge in [-0.1, -0.05) is 6.07 Å². The highest BCUT2D eigenvalue weighted by Gasteiger charge is 2.30. The number of pyridine rings is 1. The van der Waals surface area contributed by atoms with Crippen LogP contribution in [-0.4, -0.2) is 28.1 Å². The van der Waals surface area contributed by atoms with E-state index in [-0.39, 0.29) is 24.0 Å². The minimum absolute atomic E-state index is 0.0629. The highest BCUT2D eigenvalue weighted by atomic mass is 16.4. The van der Waals surface area contributed by atoms with Crippen molar-refractivity contribution < 1.29 is 14.7 Å². The molecule has 1 aromatic rings. The van der Waals surface area contributed by atoms with E-state index in [4.69, 9.17) is 5.11 Å². The molecule has 1 aromatic heterocycles. The highest BCUT2D eigenvalue weighted by Crippen LogP contribution is 2.25. The number of carbonyl (C=O) groups excluding carboxylic acids is 1. The van der Waals surface area contributed by atoms with E-state index in [0.29, 0.717) is 19.3 Å². The summed E-state index contributed by atoms with van der Waals surface area (Å²) in [6.45, 7) is 1.86. The summed E-state index contributed by atoms with van der Waals surface area (Å²) in [6.07, 6.45) is 3.51. The molecule has 0 spiro atoms. The molecule has 0 saturated heterocycles. The summed E-state index contributed by atoms with van der Waals surface area (Å²) in [5.41, 5.74) is 0.789. The van der Waals surface area contributed by atoms with Crippen molar-refractivity contribution in [1.29, 1.82) is 0 Å². The lowest BCUT2D eigenvalue weighted by atomic mass is 10.1. The van der Waals surface area contributed by atoms with Gasteiger partial charge in [0, 0.05) is 12.2 Å². The van der Waals surface area contributed by atoms with Crippen molar-refractivity contribution in [1.82, 2.24) is 15.6 Å². The van der Waals surface area contributed by atoms with Gasteiger partial charge in [0.1, 0.15) is 0 Å². The molecule has 3 N–H and O–H groups in total. The molecule has 1 aliphatic rings. The van der Waals surface area contributed by atoms with E-state index >= 15 is 0 Å². The number of nitrogens with zero attached hydrogens (tertiary/aromatic N) is 1. The second-order valence-corrected chi connectivity index (χ2v) is 5.14. The number of carboxylic acids is 1. The van der Waals surface area contributed by atoms with Crippen LogP contribution in [0.15, 0.2) is 24.4 Å². The molecule has 108 valence electrons. The van der Waals surface area contributed by atoms with Crippen LogP contribution in [0.4, 0.5) is 4.79 Å².